The van der Waals surface area contributed by atoms with Gasteiger partial charge >= 0.3 is 5.97 Å². The number of rotatable bonds is 7. The molecule has 2 aromatic carbocycles. The molecule has 27 heavy (non-hydrogen) atoms. The fourth-order valence-electron chi connectivity index (χ4n) is 3.02. The summed E-state index contributed by atoms with van der Waals surface area (Å²) in [5, 5.41) is 38.0. The van der Waals surface area contributed by atoms with Crippen LogP contribution in [-0.2, 0) is 4.79 Å². The zero-order valence-corrected chi connectivity index (χ0v) is 15.4. The van der Waals surface area contributed by atoms with Gasteiger partial charge in [-0.05, 0) is 42.5 Å². The van der Waals surface area contributed by atoms with Crippen molar-refractivity contribution in [2.24, 2.45) is 0 Å². The van der Waals surface area contributed by atoms with E-state index >= 15 is 0 Å². The Bertz CT molecular complexity index is 839. The van der Waals surface area contributed by atoms with Crippen molar-refractivity contribution >= 4 is 17.1 Å². The van der Waals surface area contributed by atoms with Gasteiger partial charge in [-0.15, -0.1) is 0 Å². The first-order chi connectivity index (χ1) is 12.7. The number of aliphatic carboxylic acids is 1. The standard InChI is InChI=1S/C22H24O5/c1-15(2)19(17-11-7-4-8-12-17)20(21(23)24)18(13-14-22(25,26)27)16-9-5-3-6-10-16/h3-12,25-27H,13-14H2,1-2H3,(H,23,24). The Morgan fingerprint density at radius 3 is 1.74 bits per heavy atom. The zero-order chi connectivity index (χ0) is 20.0. The van der Waals surface area contributed by atoms with E-state index in [9.17, 15) is 25.2 Å². The number of benzene rings is 2. The van der Waals surface area contributed by atoms with E-state index < -0.39 is 18.4 Å². The molecule has 0 aromatic heterocycles. The van der Waals surface area contributed by atoms with Gasteiger partial charge in [0.15, 0.2) is 0 Å². The Hall–Kier alpha value is -2.73. The number of aliphatic hydroxyl groups is 3. The summed E-state index contributed by atoms with van der Waals surface area (Å²) >= 11 is 0. The highest BCUT2D eigenvalue weighted by atomic mass is 16.7. The largest absolute Gasteiger partial charge is 0.478 e. The zero-order valence-electron chi connectivity index (χ0n) is 15.4. The SMILES string of the molecule is CC(C)=C(C(C(=O)O)=C(CCC(O)(O)O)c1ccccc1)c1ccccc1. The molecule has 0 atom stereocenters. The van der Waals surface area contributed by atoms with Crippen LogP contribution >= 0.6 is 0 Å². The summed E-state index contributed by atoms with van der Waals surface area (Å²) in [4.78, 5) is 12.3. The van der Waals surface area contributed by atoms with E-state index in [2.05, 4.69) is 0 Å². The molecule has 5 heteroatoms. The molecule has 0 spiro atoms. The number of carbonyl (C=O) groups is 1. The summed E-state index contributed by atoms with van der Waals surface area (Å²) in [6.07, 6.45) is -0.447. The molecule has 0 heterocycles. The van der Waals surface area contributed by atoms with E-state index in [0.29, 0.717) is 16.7 Å². The van der Waals surface area contributed by atoms with Crippen LogP contribution in [-0.4, -0.2) is 32.4 Å². The third-order valence-corrected chi connectivity index (χ3v) is 4.16. The number of carboxylic acids is 1. The van der Waals surface area contributed by atoms with Gasteiger partial charge in [-0.1, -0.05) is 66.2 Å². The number of hydrogen-bond donors (Lipinski definition) is 4. The third-order valence-electron chi connectivity index (χ3n) is 4.16. The van der Waals surface area contributed by atoms with E-state index in [0.717, 1.165) is 11.1 Å². The first-order valence-corrected chi connectivity index (χ1v) is 8.63. The molecule has 4 N–H and O–H groups in total. The van der Waals surface area contributed by atoms with Crippen molar-refractivity contribution in [1.29, 1.82) is 0 Å². The van der Waals surface area contributed by atoms with Crippen molar-refractivity contribution in [3.63, 3.8) is 0 Å². The van der Waals surface area contributed by atoms with Gasteiger partial charge in [-0.25, -0.2) is 4.79 Å². The number of hydrogen-bond acceptors (Lipinski definition) is 4. The highest BCUT2D eigenvalue weighted by molar-refractivity contribution is 6.12. The average Bonchev–Trinajstić information content (AvgIpc) is 2.61. The topological polar surface area (TPSA) is 98.0 Å². The Kier molecular flexibility index (Phi) is 6.69. The van der Waals surface area contributed by atoms with E-state index in [1.54, 1.807) is 24.3 Å². The van der Waals surface area contributed by atoms with Crippen molar-refractivity contribution in [2.45, 2.75) is 32.7 Å². The number of carboxylic acid groups (broad SMARTS) is 1. The highest BCUT2D eigenvalue weighted by Crippen LogP contribution is 2.35. The summed E-state index contributed by atoms with van der Waals surface area (Å²) in [6.45, 7) is 3.67. The van der Waals surface area contributed by atoms with Crippen molar-refractivity contribution in [2.75, 3.05) is 0 Å². The Morgan fingerprint density at radius 1 is 0.852 bits per heavy atom. The number of allylic oxidation sites excluding steroid dienone is 2. The van der Waals surface area contributed by atoms with Crippen LogP contribution in [0.15, 0.2) is 71.8 Å². The molecule has 2 rings (SSSR count). The predicted molar refractivity (Wildman–Crippen MR) is 104 cm³/mol. The van der Waals surface area contributed by atoms with Crippen LogP contribution < -0.4 is 0 Å². The second-order valence-electron chi connectivity index (χ2n) is 6.54. The Morgan fingerprint density at radius 2 is 1.33 bits per heavy atom. The van der Waals surface area contributed by atoms with Gasteiger partial charge < -0.3 is 20.4 Å². The lowest BCUT2D eigenvalue weighted by Gasteiger charge is -2.20. The second-order valence-corrected chi connectivity index (χ2v) is 6.54. The fourth-order valence-corrected chi connectivity index (χ4v) is 3.02. The summed E-state index contributed by atoms with van der Waals surface area (Å²) in [5.41, 5.74) is 3.29. The minimum Gasteiger partial charge on any atom is -0.478 e. The van der Waals surface area contributed by atoms with Gasteiger partial charge in [0.25, 0.3) is 5.97 Å². The lowest BCUT2D eigenvalue weighted by Crippen LogP contribution is -2.27. The highest BCUT2D eigenvalue weighted by Gasteiger charge is 2.25. The molecule has 142 valence electrons. The van der Waals surface area contributed by atoms with Crippen LogP contribution in [0.25, 0.3) is 11.1 Å². The predicted octanol–water partition coefficient (Wildman–Crippen LogP) is 3.43. The average molecular weight is 368 g/mol. The van der Waals surface area contributed by atoms with Gasteiger partial charge in [-0.2, -0.15) is 0 Å². The second kappa shape index (κ2) is 8.77. The molecule has 0 saturated heterocycles. The van der Waals surface area contributed by atoms with Crippen LogP contribution in [0, 0.1) is 0 Å². The lowest BCUT2D eigenvalue weighted by molar-refractivity contribution is -0.313. The van der Waals surface area contributed by atoms with Crippen molar-refractivity contribution in [1.82, 2.24) is 0 Å². The molecule has 0 aliphatic rings. The quantitative estimate of drug-likeness (QED) is 0.341. The molecule has 2 aromatic rings. The third kappa shape index (κ3) is 5.62. The summed E-state index contributed by atoms with van der Waals surface area (Å²) in [7, 11) is 0. The minimum atomic E-state index is -2.87. The monoisotopic (exact) mass is 368 g/mol. The molecular weight excluding hydrogens is 344 g/mol. The summed E-state index contributed by atoms with van der Waals surface area (Å²) < 4.78 is 0. The molecule has 0 radical (unpaired) electrons. The molecule has 5 nitrogen and oxygen atoms in total. The lowest BCUT2D eigenvalue weighted by atomic mass is 9.86. The van der Waals surface area contributed by atoms with Gasteiger partial charge in [0.05, 0.1) is 5.57 Å². The molecule has 0 amide bonds. The smallest absolute Gasteiger partial charge is 0.336 e. The molecule has 0 aliphatic carbocycles. The van der Waals surface area contributed by atoms with Crippen molar-refractivity contribution < 1.29 is 25.2 Å². The molecule has 0 unspecified atom stereocenters. The molecule has 0 bridgehead atoms. The van der Waals surface area contributed by atoms with Crippen LogP contribution in [0.2, 0.25) is 0 Å². The van der Waals surface area contributed by atoms with E-state index in [4.69, 9.17) is 0 Å². The summed E-state index contributed by atoms with van der Waals surface area (Å²) in [5.74, 6) is -3.99. The summed E-state index contributed by atoms with van der Waals surface area (Å²) in [6, 6.07) is 18.1. The first-order valence-electron chi connectivity index (χ1n) is 8.63. The molecule has 0 saturated carbocycles. The van der Waals surface area contributed by atoms with Gasteiger partial charge in [-0.3, -0.25) is 0 Å². The maximum absolute atomic E-state index is 12.3. The fraction of sp³-hybridized carbons (Fsp3) is 0.227. The molecule has 0 aliphatic heterocycles. The van der Waals surface area contributed by atoms with Crippen LogP contribution in [0.1, 0.15) is 37.8 Å². The van der Waals surface area contributed by atoms with Crippen LogP contribution in [0.3, 0.4) is 0 Å². The van der Waals surface area contributed by atoms with Crippen LogP contribution in [0.4, 0.5) is 0 Å². The Labute approximate surface area is 158 Å². The van der Waals surface area contributed by atoms with E-state index in [-0.39, 0.29) is 12.0 Å². The van der Waals surface area contributed by atoms with Crippen molar-refractivity contribution in [3.05, 3.63) is 82.9 Å². The maximum Gasteiger partial charge on any atom is 0.336 e. The molecular formula is C22H24O5. The van der Waals surface area contributed by atoms with E-state index in [1.165, 1.54) is 0 Å². The van der Waals surface area contributed by atoms with Crippen molar-refractivity contribution in [3.8, 4) is 0 Å². The van der Waals surface area contributed by atoms with Gasteiger partial charge in [0.2, 0.25) is 0 Å². The van der Waals surface area contributed by atoms with Gasteiger partial charge in [0, 0.05) is 6.42 Å². The normalized spacial score (nSPS) is 12.3. The molecule has 0 fully saturated rings. The van der Waals surface area contributed by atoms with Crippen LogP contribution in [0.5, 0.6) is 0 Å². The van der Waals surface area contributed by atoms with E-state index in [1.807, 2.05) is 50.2 Å². The van der Waals surface area contributed by atoms with Gasteiger partial charge in [0.1, 0.15) is 0 Å². The first kappa shape index (κ1) is 20.6. The Balaban J connectivity index is 2.75. The minimum absolute atomic E-state index is 0.0290. The maximum atomic E-state index is 12.3.